The molecule has 1 amide bonds. The summed E-state index contributed by atoms with van der Waals surface area (Å²) in [6, 6.07) is 15.8. The highest BCUT2D eigenvalue weighted by Crippen LogP contribution is 2.19. The van der Waals surface area contributed by atoms with E-state index in [1.165, 1.54) is 12.1 Å². The summed E-state index contributed by atoms with van der Waals surface area (Å²) < 4.78 is 13.0. The number of carbonyl (C=O) groups is 1. The number of likely N-dealkylation sites (N-methyl/N-ethyl adjacent to an activating group) is 1. The van der Waals surface area contributed by atoms with Crippen molar-refractivity contribution in [1.29, 1.82) is 0 Å². The van der Waals surface area contributed by atoms with E-state index in [0.717, 1.165) is 11.1 Å². The predicted molar refractivity (Wildman–Crippen MR) is 85.3 cm³/mol. The molecular formula is C18H17FN2O2. The number of amides is 1. The molecule has 23 heavy (non-hydrogen) atoms. The summed E-state index contributed by atoms with van der Waals surface area (Å²) in [6.07, 6.45) is -0.229. The zero-order valence-electron chi connectivity index (χ0n) is 12.8. The molecule has 0 radical (unpaired) electrons. The Balaban J connectivity index is 1.61. The van der Waals surface area contributed by atoms with Crippen LogP contribution in [0.1, 0.15) is 17.5 Å². The van der Waals surface area contributed by atoms with Gasteiger partial charge in [0, 0.05) is 20.0 Å². The predicted octanol–water partition coefficient (Wildman–Crippen LogP) is 2.98. The van der Waals surface area contributed by atoms with Crippen molar-refractivity contribution in [2.45, 2.75) is 19.1 Å². The van der Waals surface area contributed by atoms with Gasteiger partial charge in [-0.2, -0.15) is 0 Å². The summed E-state index contributed by atoms with van der Waals surface area (Å²) in [4.78, 5) is 19.4. The quantitative estimate of drug-likeness (QED) is 0.871. The molecule has 4 nitrogen and oxygen atoms in total. The van der Waals surface area contributed by atoms with Gasteiger partial charge in [0.25, 0.3) is 5.91 Å². The van der Waals surface area contributed by atoms with E-state index in [0.29, 0.717) is 18.7 Å². The van der Waals surface area contributed by atoms with Crippen molar-refractivity contribution in [2.75, 3.05) is 7.05 Å². The van der Waals surface area contributed by atoms with Crippen LogP contribution in [-0.2, 0) is 16.2 Å². The van der Waals surface area contributed by atoms with Gasteiger partial charge in [0.15, 0.2) is 0 Å². The van der Waals surface area contributed by atoms with Gasteiger partial charge in [-0.25, -0.2) is 4.39 Å². The molecule has 1 aliphatic heterocycles. The van der Waals surface area contributed by atoms with Gasteiger partial charge in [0.1, 0.15) is 5.82 Å². The second-order valence-electron chi connectivity index (χ2n) is 5.52. The lowest BCUT2D eigenvalue weighted by molar-refractivity contribution is -0.141. The molecule has 0 saturated heterocycles. The Morgan fingerprint density at radius 3 is 2.61 bits per heavy atom. The van der Waals surface area contributed by atoms with Crippen molar-refractivity contribution >= 4 is 11.6 Å². The van der Waals surface area contributed by atoms with Gasteiger partial charge < -0.3 is 9.74 Å². The van der Waals surface area contributed by atoms with Gasteiger partial charge in [-0.3, -0.25) is 4.79 Å². The van der Waals surface area contributed by atoms with Gasteiger partial charge >= 0.3 is 0 Å². The van der Waals surface area contributed by atoms with Crippen LogP contribution in [0.15, 0.2) is 59.8 Å². The Hall–Kier alpha value is -2.69. The average Bonchev–Trinajstić information content (AvgIpc) is 3.05. The number of hydrogen-bond donors (Lipinski definition) is 0. The van der Waals surface area contributed by atoms with Gasteiger partial charge in [-0.15, -0.1) is 0 Å². The van der Waals surface area contributed by atoms with Crippen LogP contribution in [0.3, 0.4) is 0 Å². The monoisotopic (exact) mass is 312 g/mol. The summed E-state index contributed by atoms with van der Waals surface area (Å²) in [5, 5.41) is 3.97. The number of halogens is 1. The molecule has 0 aliphatic carbocycles. The van der Waals surface area contributed by atoms with Crippen LogP contribution in [0.25, 0.3) is 0 Å². The molecule has 0 bridgehead atoms. The summed E-state index contributed by atoms with van der Waals surface area (Å²) in [5.41, 5.74) is 2.49. The SMILES string of the molecule is CN(Cc1ccccc1)C(=O)C1CC(c2ccc(F)cc2)=NO1. The molecule has 0 spiro atoms. The first kappa shape index (κ1) is 15.2. The Morgan fingerprint density at radius 1 is 1.22 bits per heavy atom. The Kier molecular flexibility index (Phi) is 4.37. The highest BCUT2D eigenvalue weighted by molar-refractivity contribution is 6.04. The van der Waals surface area contributed by atoms with Crippen LogP contribution in [0.5, 0.6) is 0 Å². The van der Waals surface area contributed by atoms with E-state index in [2.05, 4.69) is 5.16 Å². The van der Waals surface area contributed by atoms with Crippen molar-refractivity contribution in [3.63, 3.8) is 0 Å². The summed E-state index contributed by atoms with van der Waals surface area (Å²) in [7, 11) is 1.74. The molecule has 1 atom stereocenters. The van der Waals surface area contributed by atoms with Crippen LogP contribution in [-0.4, -0.2) is 29.7 Å². The van der Waals surface area contributed by atoms with Crippen molar-refractivity contribution in [3.8, 4) is 0 Å². The maximum atomic E-state index is 13.0. The second kappa shape index (κ2) is 6.60. The number of benzene rings is 2. The van der Waals surface area contributed by atoms with E-state index in [-0.39, 0.29) is 11.7 Å². The van der Waals surface area contributed by atoms with Crippen molar-refractivity contribution in [2.24, 2.45) is 5.16 Å². The largest absolute Gasteiger partial charge is 0.382 e. The van der Waals surface area contributed by atoms with Gasteiger partial charge in [-0.1, -0.05) is 47.6 Å². The zero-order valence-corrected chi connectivity index (χ0v) is 12.8. The number of oxime groups is 1. The molecule has 0 saturated carbocycles. The van der Waals surface area contributed by atoms with Gasteiger partial charge in [-0.05, 0) is 23.3 Å². The number of rotatable bonds is 4. The fraction of sp³-hybridized carbons (Fsp3) is 0.222. The van der Waals surface area contributed by atoms with E-state index in [4.69, 9.17) is 4.84 Å². The molecule has 1 aliphatic rings. The maximum Gasteiger partial charge on any atom is 0.266 e. The highest BCUT2D eigenvalue weighted by Gasteiger charge is 2.31. The first-order valence-corrected chi connectivity index (χ1v) is 7.41. The molecule has 3 rings (SSSR count). The molecular weight excluding hydrogens is 295 g/mol. The fourth-order valence-corrected chi connectivity index (χ4v) is 2.50. The van der Waals surface area contributed by atoms with Crippen molar-refractivity contribution in [1.82, 2.24) is 4.90 Å². The maximum absolute atomic E-state index is 13.0. The Morgan fingerprint density at radius 2 is 1.91 bits per heavy atom. The van der Waals surface area contributed by atoms with Crippen LogP contribution in [0.4, 0.5) is 4.39 Å². The molecule has 1 unspecified atom stereocenters. The lowest BCUT2D eigenvalue weighted by Gasteiger charge is -2.19. The normalized spacial score (nSPS) is 16.6. The molecule has 2 aromatic carbocycles. The molecule has 5 heteroatoms. The first-order chi connectivity index (χ1) is 11.1. The van der Waals surface area contributed by atoms with Crippen LogP contribution < -0.4 is 0 Å². The van der Waals surface area contributed by atoms with E-state index >= 15 is 0 Å². The van der Waals surface area contributed by atoms with Crippen LogP contribution in [0, 0.1) is 5.82 Å². The van der Waals surface area contributed by atoms with Crippen LogP contribution >= 0.6 is 0 Å². The smallest absolute Gasteiger partial charge is 0.266 e. The molecule has 0 aromatic heterocycles. The molecule has 0 fully saturated rings. The molecule has 2 aromatic rings. The van der Waals surface area contributed by atoms with Crippen molar-refractivity contribution < 1.29 is 14.0 Å². The third-order valence-electron chi connectivity index (χ3n) is 3.76. The van der Waals surface area contributed by atoms with E-state index in [1.54, 1.807) is 24.1 Å². The first-order valence-electron chi connectivity index (χ1n) is 7.41. The highest BCUT2D eigenvalue weighted by atomic mass is 19.1. The zero-order chi connectivity index (χ0) is 16.2. The molecule has 1 heterocycles. The lowest BCUT2D eigenvalue weighted by atomic mass is 10.0. The number of nitrogens with zero attached hydrogens (tertiary/aromatic N) is 2. The standard InChI is InChI=1S/C18H17FN2O2/c1-21(12-13-5-3-2-4-6-13)18(22)17-11-16(20-23-17)14-7-9-15(19)10-8-14/h2-10,17H,11-12H2,1H3. The Labute approximate surface area is 134 Å². The van der Waals surface area contributed by atoms with E-state index in [1.807, 2.05) is 30.3 Å². The molecule has 118 valence electrons. The number of carbonyl (C=O) groups excluding carboxylic acids is 1. The van der Waals surface area contributed by atoms with Gasteiger partial charge in [0.2, 0.25) is 6.10 Å². The minimum absolute atomic E-state index is 0.116. The third kappa shape index (κ3) is 3.56. The third-order valence-corrected chi connectivity index (χ3v) is 3.76. The van der Waals surface area contributed by atoms with Gasteiger partial charge in [0.05, 0.1) is 5.71 Å². The lowest BCUT2D eigenvalue weighted by Crippen LogP contribution is -2.36. The van der Waals surface area contributed by atoms with E-state index < -0.39 is 6.10 Å². The average molecular weight is 312 g/mol. The van der Waals surface area contributed by atoms with Crippen LogP contribution in [0.2, 0.25) is 0 Å². The van der Waals surface area contributed by atoms with E-state index in [9.17, 15) is 9.18 Å². The fourth-order valence-electron chi connectivity index (χ4n) is 2.50. The topological polar surface area (TPSA) is 41.9 Å². The minimum Gasteiger partial charge on any atom is -0.382 e. The van der Waals surface area contributed by atoms with Crippen molar-refractivity contribution in [3.05, 3.63) is 71.5 Å². The second-order valence-corrected chi connectivity index (χ2v) is 5.52. The Bertz CT molecular complexity index is 714. The summed E-state index contributed by atoms with van der Waals surface area (Å²) >= 11 is 0. The molecule has 0 N–H and O–H groups in total. The summed E-state index contributed by atoms with van der Waals surface area (Å²) in [5.74, 6) is -0.418. The number of hydrogen-bond acceptors (Lipinski definition) is 3. The minimum atomic E-state index is -0.622. The summed E-state index contributed by atoms with van der Waals surface area (Å²) in [6.45, 7) is 0.519.